The van der Waals surface area contributed by atoms with E-state index in [-0.39, 0.29) is 0 Å². The van der Waals surface area contributed by atoms with Crippen molar-refractivity contribution in [3.05, 3.63) is 24.2 Å². The van der Waals surface area contributed by atoms with Crippen LogP contribution < -0.4 is 0 Å². The van der Waals surface area contributed by atoms with Crippen LogP contribution in [-0.4, -0.2) is 37.0 Å². The Bertz CT molecular complexity index is 598. The number of hydrogen-bond donors (Lipinski definition) is 0. The van der Waals surface area contributed by atoms with Crippen LogP contribution in [0.5, 0.6) is 0 Å². The molecule has 2 fully saturated rings. The molecule has 0 aromatic carbocycles. The molecule has 0 aliphatic carbocycles. The second-order valence-corrected chi connectivity index (χ2v) is 8.16. The fourth-order valence-electron chi connectivity index (χ4n) is 3.24. The summed E-state index contributed by atoms with van der Waals surface area (Å²) in [7, 11) is 0. The number of pyridine rings is 1. The van der Waals surface area contributed by atoms with Crippen molar-refractivity contribution in [1.29, 1.82) is 0 Å². The third-order valence-electron chi connectivity index (χ3n) is 4.23. The molecule has 0 spiro atoms. The molecule has 106 valence electrons. The van der Waals surface area contributed by atoms with E-state index in [0.717, 1.165) is 22.8 Å². The van der Waals surface area contributed by atoms with Gasteiger partial charge in [-0.25, -0.2) is 9.97 Å². The molecule has 2 aliphatic heterocycles. The van der Waals surface area contributed by atoms with E-state index >= 15 is 0 Å². The molecule has 3 nitrogen and oxygen atoms in total. The summed E-state index contributed by atoms with van der Waals surface area (Å²) in [5.41, 5.74) is 2.17. The zero-order valence-corrected chi connectivity index (χ0v) is 13.1. The minimum Gasteiger partial charge on any atom is -0.309 e. The highest BCUT2D eigenvalue weighted by molar-refractivity contribution is 8.00. The molecule has 2 aromatic heterocycles. The number of hydrogen-bond acceptors (Lipinski definition) is 4. The normalized spacial score (nSPS) is 26.6. The summed E-state index contributed by atoms with van der Waals surface area (Å²) in [6.45, 7) is 0. The highest BCUT2D eigenvalue weighted by Crippen LogP contribution is 2.34. The van der Waals surface area contributed by atoms with Crippen LogP contribution in [0.2, 0.25) is 0 Å². The van der Waals surface area contributed by atoms with E-state index in [2.05, 4.69) is 39.1 Å². The fraction of sp³-hybridized carbons (Fsp3) is 0.600. The zero-order chi connectivity index (χ0) is 13.4. The molecule has 2 unspecified atom stereocenters. The number of nitrogens with zero attached hydrogens (tertiary/aromatic N) is 3. The van der Waals surface area contributed by atoms with Crippen molar-refractivity contribution in [2.24, 2.45) is 0 Å². The van der Waals surface area contributed by atoms with E-state index in [9.17, 15) is 0 Å². The molecular formula is C15H19N3S2. The predicted molar refractivity (Wildman–Crippen MR) is 87.7 cm³/mol. The minimum absolute atomic E-state index is 0.598. The van der Waals surface area contributed by atoms with E-state index in [0.29, 0.717) is 6.04 Å². The second kappa shape index (κ2) is 5.60. The number of thioether (sulfide) groups is 2. The van der Waals surface area contributed by atoms with Crippen LogP contribution in [0, 0.1) is 0 Å². The summed E-state index contributed by atoms with van der Waals surface area (Å²) < 4.78 is 2.45. The maximum atomic E-state index is 4.90. The molecule has 0 radical (unpaired) electrons. The lowest BCUT2D eigenvalue weighted by Gasteiger charge is -2.16. The molecule has 5 heteroatoms. The standard InChI is InChI=1S/C15H19N3S2/c1-4-13-15(16-6-1)18(11-5-8-19-10-11)14(17-13)9-12-3-2-7-20-12/h1,4,6,11-12H,2-3,5,7-10H2. The molecule has 2 aromatic rings. The smallest absolute Gasteiger partial charge is 0.160 e. The topological polar surface area (TPSA) is 30.7 Å². The van der Waals surface area contributed by atoms with Gasteiger partial charge < -0.3 is 4.57 Å². The predicted octanol–water partition coefficient (Wildman–Crippen LogP) is 3.55. The van der Waals surface area contributed by atoms with Crippen LogP contribution in [0.3, 0.4) is 0 Å². The van der Waals surface area contributed by atoms with Crippen LogP contribution in [0.25, 0.3) is 11.2 Å². The molecule has 2 aliphatic rings. The summed E-state index contributed by atoms with van der Waals surface area (Å²) in [4.78, 5) is 9.50. The molecular weight excluding hydrogens is 286 g/mol. The van der Waals surface area contributed by atoms with Crippen LogP contribution in [0.15, 0.2) is 18.3 Å². The van der Waals surface area contributed by atoms with Crippen molar-refractivity contribution < 1.29 is 0 Å². The van der Waals surface area contributed by atoms with Gasteiger partial charge in [-0.1, -0.05) is 0 Å². The van der Waals surface area contributed by atoms with Crippen molar-refractivity contribution in [3.8, 4) is 0 Å². The Morgan fingerprint density at radius 2 is 2.30 bits per heavy atom. The van der Waals surface area contributed by atoms with Crippen molar-refractivity contribution in [1.82, 2.24) is 14.5 Å². The first-order chi connectivity index (χ1) is 9.92. The Kier molecular flexibility index (Phi) is 3.65. The Balaban J connectivity index is 1.74. The fourth-order valence-corrected chi connectivity index (χ4v) is 5.70. The SMILES string of the molecule is c1cnc2c(c1)nc(CC1CCCS1)n2C1CCSC1. The lowest BCUT2D eigenvalue weighted by atomic mass is 10.2. The quantitative estimate of drug-likeness (QED) is 0.867. The van der Waals surface area contributed by atoms with Crippen molar-refractivity contribution in [2.75, 3.05) is 17.3 Å². The van der Waals surface area contributed by atoms with Gasteiger partial charge in [-0.05, 0) is 42.9 Å². The third kappa shape index (κ3) is 2.35. The van der Waals surface area contributed by atoms with Gasteiger partial charge >= 0.3 is 0 Å². The maximum absolute atomic E-state index is 4.90. The van der Waals surface area contributed by atoms with E-state index in [1.165, 1.54) is 42.3 Å². The van der Waals surface area contributed by atoms with Crippen molar-refractivity contribution in [3.63, 3.8) is 0 Å². The van der Waals surface area contributed by atoms with Crippen LogP contribution in [0.4, 0.5) is 0 Å². The average molecular weight is 305 g/mol. The largest absolute Gasteiger partial charge is 0.309 e. The van der Waals surface area contributed by atoms with Gasteiger partial charge in [-0.3, -0.25) is 0 Å². The molecule has 4 heterocycles. The summed E-state index contributed by atoms with van der Waals surface area (Å²) >= 11 is 4.18. The van der Waals surface area contributed by atoms with Gasteiger partial charge in [0.15, 0.2) is 5.65 Å². The van der Waals surface area contributed by atoms with Crippen LogP contribution in [0.1, 0.15) is 31.1 Å². The number of rotatable bonds is 3. The van der Waals surface area contributed by atoms with E-state index < -0.39 is 0 Å². The molecule has 4 rings (SSSR count). The third-order valence-corrected chi connectivity index (χ3v) is 6.77. The van der Waals surface area contributed by atoms with Gasteiger partial charge in [0.25, 0.3) is 0 Å². The first kappa shape index (κ1) is 13.0. The molecule has 0 saturated carbocycles. The molecule has 2 saturated heterocycles. The van der Waals surface area contributed by atoms with E-state index in [1.54, 1.807) is 0 Å². The minimum atomic E-state index is 0.598. The second-order valence-electron chi connectivity index (χ2n) is 5.60. The zero-order valence-electron chi connectivity index (χ0n) is 11.5. The van der Waals surface area contributed by atoms with Crippen LogP contribution in [-0.2, 0) is 6.42 Å². The molecule has 0 N–H and O–H groups in total. The summed E-state index contributed by atoms with van der Waals surface area (Å²) in [6.07, 6.45) is 6.99. The number of imidazole rings is 1. The summed E-state index contributed by atoms with van der Waals surface area (Å²) in [5, 5.41) is 0.764. The lowest BCUT2D eigenvalue weighted by Crippen LogP contribution is -2.15. The van der Waals surface area contributed by atoms with E-state index in [4.69, 9.17) is 4.98 Å². The van der Waals surface area contributed by atoms with Crippen molar-refractivity contribution >= 4 is 34.7 Å². The Labute approximate surface area is 127 Å². The molecule has 0 amide bonds. The maximum Gasteiger partial charge on any atom is 0.160 e. The van der Waals surface area contributed by atoms with Gasteiger partial charge in [-0.15, -0.1) is 0 Å². The first-order valence-corrected chi connectivity index (χ1v) is 9.63. The van der Waals surface area contributed by atoms with Gasteiger partial charge in [0.1, 0.15) is 11.3 Å². The molecule has 2 atom stereocenters. The number of aromatic nitrogens is 3. The van der Waals surface area contributed by atoms with Crippen LogP contribution >= 0.6 is 23.5 Å². The first-order valence-electron chi connectivity index (χ1n) is 7.43. The summed E-state index contributed by atoms with van der Waals surface area (Å²) in [5.74, 6) is 5.08. The summed E-state index contributed by atoms with van der Waals surface area (Å²) in [6, 6.07) is 4.70. The lowest BCUT2D eigenvalue weighted by molar-refractivity contribution is 0.540. The Morgan fingerprint density at radius 3 is 3.10 bits per heavy atom. The highest BCUT2D eigenvalue weighted by atomic mass is 32.2. The van der Waals surface area contributed by atoms with Gasteiger partial charge in [0, 0.05) is 29.7 Å². The monoisotopic (exact) mass is 305 g/mol. The van der Waals surface area contributed by atoms with E-state index in [1.807, 2.05) is 12.3 Å². The molecule has 20 heavy (non-hydrogen) atoms. The Morgan fingerprint density at radius 1 is 1.30 bits per heavy atom. The number of fused-ring (bicyclic) bond motifs is 1. The van der Waals surface area contributed by atoms with Gasteiger partial charge in [-0.2, -0.15) is 23.5 Å². The highest BCUT2D eigenvalue weighted by Gasteiger charge is 2.26. The Hall–Kier alpha value is -0.680. The molecule has 0 bridgehead atoms. The van der Waals surface area contributed by atoms with Gasteiger partial charge in [0.05, 0.1) is 0 Å². The van der Waals surface area contributed by atoms with Crippen molar-refractivity contribution in [2.45, 2.75) is 37.0 Å². The average Bonchev–Trinajstić information content (AvgIpc) is 3.18. The van der Waals surface area contributed by atoms with Gasteiger partial charge in [0.2, 0.25) is 0 Å².